The van der Waals surface area contributed by atoms with Gasteiger partial charge in [0.15, 0.2) is 5.60 Å². The van der Waals surface area contributed by atoms with E-state index in [4.69, 9.17) is 9.47 Å². The number of hydrogen-bond acceptors (Lipinski definition) is 4. The first-order valence-electron chi connectivity index (χ1n) is 7.11. The molecule has 5 nitrogen and oxygen atoms in total. The fraction of sp³-hybridized carbons (Fsp3) is 0.929. The van der Waals surface area contributed by atoms with E-state index in [0.29, 0.717) is 0 Å². The van der Waals surface area contributed by atoms with E-state index in [1.165, 1.54) is 20.8 Å². The highest BCUT2D eigenvalue weighted by Crippen LogP contribution is 2.43. The largest absolute Gasteiger partial charge is 0.444 e. The Kier molecular flexibility index (Phi) is 4.81. The van der Waals surface area contributed by atoms with Crippen LogP contribution in [0.15, 0.2) is 0 Å². The van der Waals surface area contributed by atoms with Crippen LogP contribution in [-0.4, -0.2) is 51.9 Å². The topological polar surface area (TPSA) is 59.0 Å². The van der Waals surface area contributed by atoms with Crippen molar-refractivity contribution in [1.29, 1.82) is 0 Å². The van der Waals surface area contributed by atoms with Crippen molar-refractivity contribution in [2.45, 2.75) is 77.1 Å². The molecule has 2 atom stereocenters. The summed E-state index contributed by atoms with van der Waals surface area (Å²) in [7, 11) is 0. The minimum Gasteiger partial charge on any atom is -0.444 e. The second kappa shape index (κ2) is 5.56. The van der Waals surface area contributed by atoms with Gasteiger partial charge in [0, 0.05) is 0 Å². The molecule has 0 radical (unpaired) electrons. The molecule has 1 heterocycles. The summed E-state index contributed by atoms with van der Waals surface area (Å²) >= 11 is 0. The number of carbonyl (C=O) groups excluding carboxylic acids is 1. The number of alkyl halides is 3. The molecule has 130 valence electrons. The molecule has 1 aliphatic rings. The average Bonchev–Trinajstić information content (AvgIpc) is 2.60. The summed E-state index contributed by atoms with van der Waals surface area (Å²) < 4.78 is 50.4. The molecular formula is C14H24F3NO4. The number of rotatable bonds is 2. The standard InChI is InChI=1S/C14H24F3NO4/c1-7-13(20,14(15,16)17)9-8-21-12(5,6)18(9)10(19)22-11(2,3)4/h9,20H,7-8H2,1-6H3/t9-,13+/m1/s1. The maximum atomic E-state index is 13.3. The van der Waals surface area contributed by atoms with E-state index in [0.717, 1.165) is 4.90 Å². The highest BCUT2D eigenvalue weighted by Gasteiger charge is 2.64. The Labute approximate surface area is 128 Å². The number of aliphatic hydroxyl groups is 1. The quantitative estimate of drug-likeness (QED) is 0.847. The highest BCUT2D eigenvalue weighted by atomic mass is 19.4. The number of halogens is 3. The van der Waals surface area contributed by atoms with Crippen LogP contribution in [-0.2, 0) is 9.47 Å². The number of hydrogen-bond donors (Lipinski definition) is 1. The van der Waals surface area contributed by atoms with Crippen molar-refractivity contribution in [1.82, 2.24) is 4.90 Å². The molecule has 22 heavy (non-hydrogen) atoms. The molecule has 0 bridgehead atoms. The molecule has 0 aromatic carbocycles. The van der Waals surface area contributed by atoms with Crippen molar-refractivity contribution in [3.05, 3.63) is 0 Å². The van der Waals surface area contributed by atoms with Crippen molar-refractivity contribution in [2.75, 3.05) is 6.61 Å². The zero-order valence-corrected chi connectivity index (χ0v) is 13.7. The second-order valence-corrected chi connectivity index (χ2v) is 6.90. The van der Waals surface area contributed by atoms with Gasteiger partial charge in [0.25, 0.3) is 0 Å². The summed E-state index contributed by atoms with van der Waals surface area (Å²) in [5.74, 6) is 0. The van der Waals surface area contributed by atoms with E-state index in [-0.39, 0.29) is 0 Å². The smallest absolute Gasteiger partial charge is 0.419 e. The Morgan fingerprint density at radius 3 is 2.23 bits per heavy atom. The molecule has 0 spiro atoms. The van der Waals surface area contributed by atoms with Gasteiger partial charge < -0.3 is 14.6 Å². The summed E-state index contributed by atoms with van der Waals surface area (Å²) in [4.78, 5) is 13.2. The SMILES string of the molecule is CC[C@](O)([C@H]1COC(C)(C)N1C(=O)OC(C)(C)C)C(F)(F)F. The summed E-state index contributed by atoms with van der Waals surface area (Å²) in [5.41, 5.74) is -5.23. The van der Waals surface area contributed by atoms with E-state index in [1.807, 2.05) is 0 Å². The maximum Gasteiger partial charge on any atom is 0.419 e. The van der Waals surface area contributed by atoms with Gasteiger partial charge in [-0.25, -0.2) is 4.79 Å². The van der Waals surface area contributed by atoms with Gasteiger partial charge in [0.05, 0.1) is 12.6 Å². The lowest BCUT2D eigenvalue weighted by molar-refractivity contribution is -0.278. The van der Waals surface area contributed by atoms with Crippen molar-refractivity contribution in [2.24, 2.45) is 0 Å². The summed E-state index contributed by atoms with van der Waals surface area (Å²) in [6, 6.07) is -1.57. The maximum absolute atomic E-state index is 13.3. The van der Waals surface area contributed by atoms with Gasteiger partial charge in [-0.15, -0.1) is 0 Å². The van der Waals surface area contributed by atoms with Gasteiger partial charge >= 0.3 is 12.3 Å². The first kappa shape index (κ1) is 19.0. The van der Waals surface area contributed by atoms with Crippen LogP contribution in [0.4, 0.5) is 18.0 Å². The molecule has 1 saturated heterocycles. The molecule has 1 rings (SSSR count). The zero-order chi connectivity index (χ0) is 17.6. The van der Waals surface area contributed by atoms with Crippen LogP contribution < -0.4 is 0 Å². The third-order valence-corrected chi connectivity index (χ3v) is 3.66. The van der Waals surface area contributed by atoms with Gasteiger partial charge in [-0.2, -0.15) is 13.2 Å². The highest BCUT2D eigenvalue weighted by molar-refractivity contribution is 5.70. The fourth-order valence-electron chi connectivity index (χ4n) is 2.44. The molecule has 1 N–H and O–H groups in total. The molecule has 0 aromatic heterocycles. The van der Waals surface area contributed by atoms with Crippen LogP contribution in [0.25, 0.3) is 0 Å². The van der Waals surface area contributed by atoms with E-state index >= 15 is 0 Å². The second-order valence-electron chi connectivity index (χ2n) is 6.90. The zero-order valence-electron chi connectivity index (χ0n) is 13.7. The van der Waals surface area contributed by atoms with Gasteiger partial charge in [-0.1, -0.05) is 6.92 Å². The van der Waals surface area contributed by atoms with E-state index in [9.17, 15) is 23.1 Å². The van der Waals surface area contributed by atoms with Crippen LogP contribution in [0.2, 0.25) is 0 Å². The number of amides is 1. The van der Waals surface area contributed by atoms with Crippen LogP contribution in [0.1, 0.15) is 48.0 Å². The Morgan fingerprint density at radius 1 is 1.36 bits per heavy atom. The van der Waals surface area contributed by atoms with Crippen molar-refractivity contribution in [3.8, 4) is 0 Å². The fourth-order valence-corrected chi connectivity index (χ4v) is 2.44. The molecule has 0 saturated carbocycles. The summed E-state index contributed by atoms with van der Waals surface area (Å²) in [5, 5.41) is 10.2. The Hall–Kier alpha value is -1.02. The van der Waals surface area contributed by atoms with Gasteiger partial charge in [0.1, 0.15) is 11.3 Å². The first-order chi connectivity index (χ1) is 9.66. The van der Waals surface area contributed by atoms with Crippen LogP contribution in [0.3, 0.4) is 0 Å². The van der Waals surface area contributed by atoms with Crippen LogP contribution in [0.5, 0.6) is 0 Å². The molecule has 0 aromatic rings. The van der Waals surface area contributed by atoms with Crippen LogP contribution >= 0.6 is 0 Å². The predicted octanol–water partition coefficient (Wildman–Crippen LogP) is 3.06. The molecule has 0 unspecified atom stereocenters. The van der Waals surface area contributed by atoms with Gasteiger partial charge in [-0.05, 0) is 41.0 Å². The molecular weight excluding hydrogens is 303 g/mol. The Morgan fingerprint density at radius 2 is 1.86 bits per heavy atom. The lowest BCUT2D eigenvalue weighted by atomic mass is 9.89. The van der Waals surface area contributed by atoms with E-state index in [2.05, 4.69) is 0 Å². The predicted molar refractivity (Wildman–Crippen MR) is 73.2 cm³/mol. The van der Waals surface area contributed by atoms with Crippen LogP contribution in [0, 0.1) is 0 Å². The first-order valence-corrected chi connectivity index (χ1v) is 7.11. The van der Waals surface area contributed by atoms with Crippen molar-refractivity contribution in [3.63, 3.8) is 0 Å². The summed E-state index contributed by atoms with van der Waals surface area (Å²) in [6.07, 6.45) is -6.44. The number of ether oxygens (including phenoxy) is 2. The molecule has 8 heteroatoms. The van der Waals surface area contributed by atoms with Gasteiger partial charge in [-0.3, -0.25) is 4.90 Å². The normalized spacial score (nSPS) is 25.0. The monoisotopic (exact) mass is 327 g/mol. The molecule has 1 aliphatic heterocycles. The average molecular weight is 327 g/mol. The van der Waals surface area contributed by atoms with E-state index in [1.54, 1.807) is 20.8 Å². The van der Waals surface area contributed by atoms with Crippen molar-refractivity contribution >= 4 is 6.09 Å². The molecule has 0 aliphatic carbocycles. The lowest BCUT2D eigenvalue weighted by Crippen LogP contribution is -2.63. The Bertz CT molecular complexity index is 431. The minimum absolute atomic E-state index is 0.421. The van der Waals surface area contributed by atoms with E-state index < -0.39 is 48.3 Å². The van der Waals surface area contributed by atoms with Gasteiger partial charge in [0.2, 0.25) is 0 Å². The minimum atomic E-state index is -4.89. The summed E-state index contributed by atoms with van der Waals surface area (Å²) in [6.45, 7) is 8.55. The number of nitrogens with zero attached hydrogens (tertiary/aromatic N) is 1. The van der Waals surface area contributed by atoms with Crippen molar-refractivity contribution < 1.29 is 32.5 Å². The number of carbonyl (C=O) groups is 1. The lowest BCUT2D eigenvalue weighted by Gasteiger charge is -2.42. The molecule has 1 fully saturated rings. The molecule has 1 amide bonds. The Balaban J connectivity index is 3.22. The third-order valence-electron chi connectivity index (χ3n) is 3.66. The third kappa shape index (κ3) is 3.48.